The fraction of sp³-hybridized carbons (Fsp3) is 0.917. The van der Waals surface area contributed by atoms with Gasteiger partial charge in [0.25, 0.3) is 0 Å². The fourth-order valence-corrected chi connectivity index (χ4v) is 9.03. The standard InChI is InChI=1S/C60H114O6/c1-4-7-10-13-16-19-22-25-28-30-33-35-38-41-44-47-50-53-59(62)65-56-57(55-64-58(61)52-49-46-43-40-37-34-31-27-24-21-18-15-12-9-6-3)66-60(63)54-51-48-45-42-39-36-32-29-26-23-20-17-14-11-8-5-2/h21,24,57H,4-20,22-23,25-56H2,1-3H3/b24-21+/t57-/m1/s1. The number of carbonyl (C=O) groups excluding carboxylic acids is 3. The third-order valence-electron chi connectivity index (χ3n) is 13.5. The second-order valence-electron chi connectivity index (χ2n) is 20.3. The molecule has 0 spiro atoms. The van der Waals surface area contributed by atoms with E-state index in [1.54, 1.807) is 0 Å². The Morgan fingerprint density at radius 2 is 0.500 bits per heavy atom. The Kier molecular flexibility index (Phi) is 54.2. The molecule has 0 aliphatic carbocycles. The maximum absolute atomic E-state index is 12.9. The summed E-state index contributed by atoms with van der Waals surface area (Å²) in [5.41, 5.74) is 0. The summed E-state index contributed by atoms with van der Waals surface area (Å²) in [5.74, 6) is -0.843. The van der Waals surface area contributed by atoms with Gasteiger partial charge in [-0.25, -0.2) is 0 Å². The van der Waals surface area contributed by atoms with Crippen molar-refractivity contribution in [1.29, 1.82) is 0 Å². The van der Waals surface area contributed by atoms with Crippen LogP contribution in [0.25, 0.3) is 0 Å². The lowest BCUT2D eigenvalue weighted by atomic mass is 10.0. The summed E-state index contributed by atoms with van der Waals surface area (Å²) in [5, 5.41) is 0. The van der Waals surface area contributed by atoms with Crippen molar-refractivity contribution in [2.24, 2.45) is 0 Å². The van der Waals surface area contributed by atoms with Crippen molar-refractivity contribution in [1.82, 2.24) is 0 Å². The molecule has 1 atom stereocenters. The third kappa shape index (κ3) is 53.1. The van der Waals surface area contributed by atoms with E-state index in [1.807, 2.05) is 0 Å². The zero-order chi connectivity index (χ0) is 47.9. The van der Waals surface area contributed by atoms with Crippen LogP contribution in [0.4, 0.5) is 0 Å². The summed E-state index contributed by atoms with van der Waals surface area (Å²) >= 11 is 0. The van der Waals surface area contributed by atoms with Gasteiger partial charge >= 0.3 is 17.9 Å². The normalized spacial score (nSPS) is 12.0. The second-order valence-corrected chi connectivity index (χ2v) is 20.3. The van der Waals surface area contributed by atoms with Gasteiger partial charge in [-0.15, -0.1) is 0 Å². The average Bonchev–Trinajstić information content (AvgIpc) is 3.31. The lowest BCUT2D eigenvalue weighted by Gasteiger charge is -2.18. The summed E-state index contributed by atoms with van der Waals surface area (Å²) in [6.07, 6.45) is 63.4. The molecule has 0 radical (unpaired) electrons. The van der Waals surface area contributed by atoms with E-state index in [0.29, 0.717) is 19.3 Å². The van der Waals surface area contributed by atoms with Crippen LogP contribution in [0.2, 0.25) is 0 Å². The molecule has 0 heterocycles. The third-order valence-corrected chi connectivity index (χ3v) is 13.5. The number of unbranched alkanes of at least 4 members (excludes halogenated alkanes) is 42. The molecule has 0 saturated heterocycles. The molecule has 0 aliphatic rings. The molecule has 0 N–H and O–H groups in total. The van der Waals surface area contributed by atoms with Crippen molar-refractivity contribution < 1.29 is 28.6 Å². The van der Waals surface area contributed by atoms with Gasteiger partial charge in [-0.05, 0) is 44.9 Å². The van der Waals surface area contributed by atoms with Crippen LogP contribution in [-0.2, 0) is 28.6 Å². The first-order valence-electron chi connectivity index (χ1n) is 29.7. The lowest BCUT2D eigenvalue weighted by Crippen LogP contribution is -2.30. The first-order valence-corrected chi connectivity index (χ1v) is 29.7. The smallest absolute Gasteiger partial charge is 0.306 e. The van der Waals surface area contributed by atoms with Gasteiger partial charge < -0.3 is 14.2 Å². The molecular formula is C60H114O6. The van der Waals surface area contributed by atoms with Gasteiger partial charge in [-0.2, -0.15) is 0 Å². The van der Waals surface area contributed by atoms with E-state index in [2.05, 4.69) is 32.9 Å². The van der Waals surface area contributed by atoms with Gasteiger partial charge in [0.2, 0.25) is 0 Å². The van der Waals surface area contributed by atoms with Crippen molar-refractivity contribution in [2.75, 3.05) is 13.2 Å². The van der Waals surface area contributed by atoms with Crippen molar-refractivity contribution in [3.05, 3.63) is 12.2 Å². The lowest BCUT2D eigenvalue weighted by molar-refractivity contribution is -0.167. The molecule has 0 saturated carbocycles. The molecular weight excluding hydrogens is 817 g/mol. The Labute approximate surface area is 411 Å². The monoisotopic (exact) mass is 931 g/mol. The van der Waals surface area contributed by atoms with Crippen LogP contribution in [0, 0.1) is 0 Å². The van der Waals surface area contributed by atoms with Crippen LogP contribution in [-0.4, -0.2) is 37.2 Å². The summed E-state index contributed by atoms with van der Waals surface area (Å²) in [6, 6.07) is 0. The van der Waals surface area contributed by atoms with E-state index >= 15 is 0 Å². The maximum atomic E-state index is 12.9. The summed E-state index contributed by atoms with van der Waals surface area (Å²) in [4.78, 5) is 38.2. The average molecular weight is 932 g/mol. The highest BCUT2D eigenvalue weighted by Crippen LogP contribution is 2.17. The molecule has 66 heavy (non-hydrogen) atoms. The topological polar surface area (TPSA) is 78.9 Å². The van der Waals surface area contributed by atoms with Gasteiger partial charge in [-0.3, -0.25) is 14.4 Å². The molecule has 0 aromatic rings. The second kappa shape index (κ2) is 55.7. The minimum absolute atomic E-state index is 0.0650. The Bertz CT molecular complexity index is 1020. The van der Waals surface area contributed by atoms with Crippen LogP contribution in [0.5, 0.6) is 0 Å². The largest absolute Gasteiger partial charge is 0.462 e. The van der Waals surface area contributed by atoms with Crippen molar-refractivity contribution in [3.8, 4) is 0 Å². The van der Waals surface area contributed by atoms with Crippen LogP contribution >= 0.6 is 0 Å². The van der Waals surface area contributed by atoms with Crippen molar-refractivity contribution in [2.45, 2.75) is 341 Å². The Hall–Kier alpha value is -1.85. The van der Waals surface area contributed by atoms with E-state index in [1.165, 1.54) is 238 Å². The van der Waals surface area contributed by atoms with Crippen LogP contribution < -0.4 is 0 Å². The quantitative estimate of drug-likeness (QED) is 0.0262. The van der Waals surface area contributed by atoms with Gasteiger partial charge in [0, 0.05) is 19.3 Å². The fourth-order valence-electron chi connectivity index (χ4n) is 9.03. The predicted molar refractivity (Wildman–Crippen MR) is 284 cm³/mol. The Morgan fingerprint density at radius 3 is 0.773 bits per heavy atom. The highest BCUT2D eigenvalue weighted by atomic mass is 16.6. The molecule has 0 unspecified atom stereocenters. The minimum Gasteiger partial charge on any atom is -0.462 e. The van der Waals surface area contributed by atoms with E-state index < -0.39 is 6.10 Å². The van der Waals surface area contributed by atoms with E-state index in [0.717, 1.165) is 57.8 Å². The Morgan fingerprint density at radius 1 is 0.288 bits per heavy atom. The van der Waals surface area contributed by atoms with Crippen molar-refractivity contribution in [3.63, 3.8) is 0 Å². The number of allylic oxidation sites excluding steroid dienone is 2. The maximum Gasteiger partial charge on any atom is 0.306 e. The molecule has 0 amide bonds. The predicted octanol–water partition coefficient (Wildman–Crippen LogP) is 19.7. The highest BCUT2D eigenvalue weighted by molar-refractivity contribution is 5.71. The first kappa shape index (κ1) is 64.2. The number of ether oxygens (including phenoxy) is 3. The molecule has 0 rings (SSSR count). The summed E-state index contributed by atoms with van der Waals surface area (Å²) in [6.45, 7) is 6.69. The summed E-state index contributed by atoms with van der Waals surface area (Å²) < 4.78 is 16.9. The van der Waals surface area contributed by atoms with Crippen LogP contribution in [0.3, 0.4) is 0 Å². The molecule has 6 heteroatoms. The molecule has 390 valence electrons. The highest BCUT2D eigenvalue weighted by Gasteiger charge is 2.19. The number of esters is 3. The molecule has 0 aromatic carbocycles. The Balaban J connectivity index is 4.31. The summed E-state index contributed by atoms with van der Waals surface area (Å²) in [7, 11) is 0. The van der Waals surface area contributed by atoms with E-state index in [-0.39, 0.29) is 31.1 Å². The van der Waals surface area contributed by atoms with Crippen LogP contribution in [0.1, 0.15) is 335 Å². The number of hydrogen-bond donors (Lipinski definition) is 0. The van der Waals surface area contributed by atoms with Crippen LogP contribution in [0.15, 0.2) is 12.2 Å². The van der Waals surface area contributed by atoms with Gasteiger partial charge in [0.15, 0.2) is 6.10 Å². The SMILES string of the molecule is CCCCCC/C=C/CCCCCCCCCC(=O)OC[C@H](COC(=O)CCCCCCCCCCCCCCCCCCC)OC(=O)CCCCCCCCCCCCCCCCCC. The van der Waals surface area contributed by atoms with Gasteiger partial charge in [0.1, 0.15) is 13.2 Å². The van der Waals surface area contributed by atoms with Gasteiger partial charge in [0.05, 0.1) is 0 Å². The first-order chi connectivity index (χ1) is 32.5. The molecule has 0 bridgehead atoms. The number of rotatable bonds is 55. The van der Waals surface area contributed by atoms with E-state index in [9.17, 15) is 14.4 Å². The number of hydrogen-bond acceptors (Lipinski definition) is 6. The van der Waals surface area contributed by atoms with Crippen molar-refractivity contribution >= 4 is 17.9 Å². The van der Waals surface area contributed by atoms with E-state index in [4.69, 9.17) is 14.2 Å². The molecule has 6 nitrogen and oxygen atoms in total. The molecule has 0 aromatic heterocycles. The minimum atomic E-state index is -0.766. The molecule has 0 aliphatic heterocycles. The zero-order valence-electron chi connectivity index (χ0n) is 44.7. The zero-order valence-corrected chi connectivity index (χ0v) is 44.7. The molecule has 0 fully saturated rings. The number of carbonyl (C=O) groups is 3. The van der Waals surface area contributed by atoms with Gasteiger partial charge in [-0.1, -0.05) is 283 Å².